The van der Waals surface area contributed by atoms with Crippen LogP contribution in [-0.4, -0.2) is 125 Å². The van der Waals surface area contributed by atoms with Gasteiger partial charge in [-0.2, -0.15) is 13.2 Å². The summed E-state index contributed by atoms with van der Waals surface area (Å²) in [6.45, 7) is 8.92. The molecule has 5 aromatic carbocycles. The molecule has 0 spiro atoms. The summed E-state index contributed by atoms with van der Waals surface area (Å²) in [6.07, 6.45) is 44.0. The van der Waals surface area contributed by atoms with Crippen LogP contribution in [0.5, 0.6) is 0 Å². The number of anilines is 6. The first-order chi connectivity index (χ1) is 66.0. The van der Waals surface area contributed by atoms with Gasteiger partial charge in [-0.05, 0) is 233 Å². The van der Waals surface area contributed by atoms with Gasteiger partial charge < -0.3 is 68.7 Å². The average molecular weight is 1980 g/mol. The number of amides is 14. The number of nitrogens with zero attached hydrogens (tertiary/aromatic N) is 3. The Kier molecular flexibility index (Phi) is 45.8. The predicted molar refractivity (Wildman–Crippen MR) is 534 cm³/mol. The molecule has 16 N–H and O–H groups in total. The third-order valence-corrected chi connectivity index (χ3v) is 29.6. The number of nitrogens with two attached hydrogens (primary N) is 1. The zero-order valence-corrected chi connectivity index (χ0v) is 83.0. The minimum absolute atomic E-state index is 0.0210. The van der Waals surface area contributed by atoms with E-state index in [4.69, 9.17) is 10.3 Å². The van der Waals surface area contributed by atoms with Crippen LogP contribution in [0.25, 0.3) is 0 Å². The Morgan fingerprint density at radius 2 is 0.688 bits per heavy atom. The molecule has 14 rings (SSSR count). The van der Waals surface area contributed by atoms with Crippen molar-refractivity contribution in [3.05, 3.63) is 167 Å². The molecular weight excluding hydrogens is 1830 g/mol. The number of rotatable bonds is 19. The standard InChI is InChI=1S/C23H36N4O2.C19H25N3O4S.C16H21F3N2O.C15H22N2O3S.C14H21N3O3S.C13H20N4O/c1-17-14-15-20(26-22(28)24-18-10-6-2-3-7-11-18)16-21(17)27-23(29)25-19-12-8-4-5-9-13-19;1-14-12-17(22-26-14)13-27(24,25)18-10-8-16(9-11-18)21-19(23)20-15-6-4-2-3-5-7-15;1-11-8-12(16(17,18)19)10-14(9-11)21-15(22)20-13-6-4-2-3-5-7-13;1-12-8-10-14(11-9-12)21(19,20)17-15(18)16-13-6-4-2-3-5-7-13;15-11-7-9-13(10-8-11)21(19,20)17-14(18)16-12-5-3-1-2-4-6-12;1-10-14-9-8-12(15-10)17-13(18)16-11-6-4-2-3-5-7-11/h14-16,18-19H,2-13H2,1H3,(H2,24,26,28)(H2,25,27,29);8-12,15H,2-7,13H2,1H3,(H2,20,21,23);8-10,13H,2-7H2,1H3,(H2,20,21,22);8-11,13H,2-7H2,1H3,(H2,16,17,18);7-10,12H,1-6,15H2,(H2,16,17,18);8-9,11H,2-7H2,1H3,(H2,14,15,16,17,18). The van der Waals surface area contributed by atoms with Crippen molar-refractivity contribution in [3.8, 4) is 0 Å². The number of alkyl halides is 3. The van der Waals surface area contributed by atoms with Gasteiger partial charge in [0.1, 0.15) is 23.2 Å². The number of aromatic nitrogens is 3. The van der Waals surface area contributed by atoms with E-state index < -0.39 is 59.7 Å². The first-order valence-electron chi connectivity index (χ1n) is 49.4. The Morgan fingerprint density at radius 1 is 0.355 bits per heavy atom. The van der Waals surface area contributed by atoms with Gasteiger partial charge in [-0.3, -0.25) is 5.32 Å². The van der Waals surface area contributed by atoms with E-state index in [0.717, 1.165) is 170 Å². The van der Waals surface area contributed by atoms with Crippen molar-refractivity contribution < 1.29 is 76.5 Å². The first-order valence-corrected chi connectivity index (χ1v) is 54.0. The maximum Gasteiger partial charge on any atom is 0.416 e. The summed E-state index contributed by atoms with van der Waals surface area (Å²) in [4.78, 5) is 92.9. The van der Waals surface area contributed by atoms with E-state index >= 15 is 0 Å². The molecule has 758 valence electrons. The molecule has 14 amide bonds. The Morgan fingerprint density at radius 3 is 1.05 bits per heavy atom. The minimum Gasteiger partial charge on any atom is -0.399 e. The van der Waals surface area contributed by atoms with Crippen LogP contribution in [0.2, 0.25) is 0 Å². The summed E-state index contributed by atoms with van der Waals surface area (Å²) in [6, 6.07) is 29.5. The number of hydrogen-bond donors (Lipinski definition) is 15. The summed E-state index contributed by atoms with van der Waals surface area (Å²) < 4.78 is 121. The Labute approximate surface area is 812 Å². The molecular formula is C100H145F3N18O14S3. The number of sulfonamides is 2. The molecule has 0 unspecified atom stereocenters. The first kappa shape index (κ1) is 110. The van der Waals surface area contributed by atoms with Crippen molar-refractivity contribution in [2.24, 2.45) is 0 Å². The number of hydrogen-bond acceptors (Lipinski definition) is 18. The summed E-state index contributed by atoms with van der Waals surface area (Å²) in [5.41, 5.74) is 10.1. The largest absolute Gasteiger partial charge is 0.416 e. The van der Waals surface area contributed by atoms with Gasteiger partial charge in [0.25, 0.3) is 20.0 Å². The molecule has 7 aliphatic rings. The van der Waals surface area contributed by atoms with E-state index in [0.29, 0.717) is 51.8 Å². The van der Waals surface area contributed by atoms with Crippen molar-refractivity contribution >= 4 is 106 Å². The topological polar surface area (TPSA) is 468 Å². The van der Waals surface area contributed by atoms with Gasteiger partial charge in [-0.25, -0.2) is 78.2 Å². The molecule has 38 heteroatoms. The lowest BCUT2D eigenvalue weighted by molar-refractivity contribution is -0.137. The van der Waals surface area contributed by atoms with E-state index in [-0.39, 0.29) is 86.5 Å². The van der Waals surface area contributed by atoms with E-state index in [2.05, 4.69) is 83.6 Å². The van der Waals surface area contributed by atoms with E-state index in [1.165, 1.54) is 183 Å². The molecule has 7 aromatic rings. The molecule has 0 saturated heterocycles. The highest BCUT2D eigenvalue weighted by molar-refractivity contribution is 7.91. The third-order valence-electron chi connectivity index (χ3n) is 25.2. The van der Waals surface area contributed by atoms with Crippen molar-refractivity contribution in [3.63, 3.8) is 0 Å². The zero-order valence-electron chi connectivity index (χ0n) is 80.6. The van der Waals surface area contributed by atoms with Crippen molar-refractivity contribution in [1.29, 1.82) is 0 Å². The number of nitrogen functional groups attached to an aromatic ring is 1. The van der Waals surface area contributed by atoms with Crippen molar-refractivity contribution in [1.82, 2.24) is 61.8 Å². The number of sulfone groups is 1. The Balaban J connectivity index is 0.000000187. The van der Waals surface area contributed by atoms with Crippen LogP contribution >= 0.6 is 0 Å². The second-order valence-electron chi connectivity index (χ2n) is 37.2. The third kappa shape index (κ3) is 42.2. The number of nitrogens with one attached hydrogen (secondary N) is 14. The number of benzene rings is 5. The molecule has 0 radical (unpaired) electrons. The molecule has 2 aromatic heterocycles. The highest BCUT2D eigenvalue weighted by Crippen LogP contribution is 2.33. The SMILES string of the molecule is Cc1cc(CS(=O)(=O)c2ccc(NC(=O)NC3CCCCCC3)cc2)no1.Cc1cc(NC(=O)NC2CCCCCC2)cc(C(F)(F)F)c1.Cc1ccc(NC(=O)NC2CCCCCC2)cc1NC(=O)NC1CCCCCC1.Cc1ccc(S(=O)(=O)NC(=O)NC2CCCCCC2)cc1.Cc1nccc(NC(=O)NC2CCCCCC2)n1.Nc1ccc(S(=O)(=O)NC(=O)NC2CCCCCC2)cc1. The van der Waals surface area contributed by atoms with Crippen molar-refractivity contribution in [2.75, 3.05) is 32.3 Å². The van der Waals surface area contributed by atoms with Crippen LogP contribution in [0.3, 0.4) is 0 Å². The second-order valence-corrected chi connectivity index (χ2v) is 42.5. The number of aryl methyl sites for hydroxylation is 5. The molecule has 0 aliphatic heterocycles. The van der Waals surface area contributed by atoms with Gasteiger partial charge in [-0.15, -0.1) is 0 Å². The van der Waals surface area contributed by atoms with Gasteiger partial charge in [-0.1, -0.05) is 209 Å². The van der Waals surface area contributed by atoms with Crippen LogP contribution in [0.1, 0.15) is 309 Å². The highest BCUT2D eigenvalue weighted by atomic mass is 32.2. The predicted octanol–water partition coefficient (Wildman–Crippen LogP) is 21.7. The molecule has 7 fully saturated rings. The lowest BCUT2D eigenvalue weighted by Gasteiger charge is -2.19. The fourth-order valence-electron chi connectivity index (χ4n) is 17.8. The van der Waals surface area contributed by atoms with Gasteiger partial charge in [0.05, 0.1) is 25.9 Å². The molecule has 2 heterocycles. The van der Waals surface area contributed by atoms with Crippen LogP contribution in [-0.2, 0) is 41.8 Å². The lowest BCUT2D eigenvalue weighted by Crippen LogP contribution is -2.44. The fraction of sp³-hybridized carbons (Fsp3) is 0.560. The monoisotopic (exact) mass is 1980 g/mol. The van der Waals surface area contributed by atoms with E-state index in [9.17, 15) is 72.0 Å². The summed E-state index contributed by atoms with van der Waals surface area (Å²) in [5, 5.41) is 38.2. The maximum atomic E-state index is 12.8. The molecule has 0 bridgehead atoms. The van der Waals surface area contributed by atoms with Crippen molar-refractivity contribution in [2.45, 2.75) is 373 Å². The smallest absolute Gasteiger partial charge is 0.399 e. The maximum absolute atomic E-state index is 12.8. The summed E-state index contributed by atoms with van der Waals surface area (Å²) in [7, 11) is -11.2. The fourth-order valence-corrected chi connectivity index (χ4v) is 20.8. The average Bonchev–Trinajstić information content (AvgIpc) is 1.43. The normalized spacial score (nSPS) is 17.2. The number of carbonyl (C=O) groups is 7. The minimum atomic E-state index is -4.42. The second kappa shape index (κ2) is 57.3. The van der Waals surface area contributed by atoms with Gasteiger partial charge in [0.15, 0.2) is 9.84 Å². The summed E-state index contributed by atoms with van der Waals surface area (Å²) >= 11 is 0. The molecule has 0 atom stereocenters. The Bertz CT molecular complexity index is 5190. The van der Waals surface area contributed by atoms with Gasteiger partial charge in [0, 0.05) is 83.0 Å². The summed E-state index contributed by atoms with van der Waals surface area (Å²) in [5.74, 6) is 1.55. The number of carbonyl (C=O) groups excluding carboxylic acids is 7. The van der Waals surface area contributed by atoms with Gasteiger partial charge >= 0.3 is 48.4 Å². The lowest BCUT2D eigenvalue weighted by atomic mass is 10.1. The van der Waals surface area contributed by atoms with Crippen LogP contribution in [0, 0.1) is 34.6 Å². The van der Waals surface area contributed by atoms with Crippen LogP contribution in [0.15, 0.2) is 147 Å². The van der Waals surface area contributed by atoms with Crippen LogP contribution < -0.4 is 79.0 Å². The quantitative estimate of drug-likeness (QED) is 0.0264. The van der Waals surface area contributed by atoms with Gasteiger partial charge in [0.2, 0.25) is 0 Å². The molecule has 7 saturated carbocycles. The Hall–Kier alpha value is -11.3. The zero-order chi connectivity index (χ0) is 99.3. The molecule has 32 nitrogen and oxygen atoms in total. The number of halogens is 3. The molecule has 138 heavy (non-hydrogen) atoms. The molecule has 7 aliphatic carbocycles. The van der Waals surface area contributed by atoms with Crippen LogP contribution in [0.4, 0.5) is 81.0 Å². The van der Waals surface area contributed by atoms with E-state index in [1.54, 1.807) is 63.4 Å². The van der Waals surface area contributed by atoms with E-state index in [1.807, 2.05) is 36.8 Å². The number of urea groups is 7. The highest BCUT2D eigenvalue weighted by Gasteiger charge is 2.32.